The zero-order chi connectivity index (χ0) is 16.2. The van der Waals surface area contributed by atoms with Crippen LogP contribution in [0, 0.1) is 5.92 Å². The Morgan fingerprint density at radius 1 is 1.33 bits per heavy atom. The Hall–Kier alpha value is -1.59. The number of rotatable bonds is 4. The van der Waals surface area contributed by atoms with Crippen LogP contribution in [0.1, 0.15) is 47.0 Å². The second-order valence-corrected chi connectivity index (χ2v) is 6.50. The smallest absolute Gasteiger partial charge is 0.307 e. The molecular weight excluding hydrogens is 272 g/mol. The Kier molecular flexibility index (Phi) is 5.75. The van der Waals surface area contributed by atoms with Crippen molar-refractivity contribution >= 4 is 17.8 Å². The summed E-state index contributed by atoms with van der Waals surface area (Å²) in [7, 11) is 1.56. The number of likely N-dealkylation sites (N-methyl/N-ethyl adjacent to an activating group) is 1. The molecule has 0 radical (unpaired) electrons. The lowest BCUT2D eigenvalue weighted by Crippen LogP contribution is -2.47. The summed E-state index contributed by atoms with van der Waals surface area (Å²) >= 11 is 0. The van der Waals surface area contributed by atoms with Gasteiger partial charge < -0.3 is 15.0 Å². The molecule has 1 heterocycles. The Morgan fingerprint density at radius 3 is 2.48 bits per heavy atom. The first kappa shape index (κ1) is 17.5. The van der Waals surface area contributed by atoms with Gasteiger partial charge in [0.2, 0.25) is 11.8 Å². The highest BCUT2D eigenvalue weighted by Crippen LogP contribution is 2.22. The first-order valence-corrected chi connectivity index (χ1v) is 7.39. The summed E-state index contributed by atoms with van der Waals surface area (Å²) in [5, 5.41) is 2.58. The summed E-state index contributed by atoms with van der Waals surface area (Å²) in [6, 6.07) is -0.413. The van der Waals surface area contributed by atoms with Gasteiger partial charge in [-0.05, 0) is 33.6 Å². The van der Waals surface area contributed by atoms with Gasteiger partial charge >= 0.3 is 5.97 Å². The molecule has 0 bridgehead atoms. The van der Waals surface area contributed by atoms with Gasteiger partial charge in [0.25, 0.3) is 0 Å². The number of hydrogen-bond donors (Lipinski definition) is 1. The van der Waals surface area contributed by atoms with Crippen LogP contribution in [0.15, 0.2) is 0 Å². The number of esters is 1. The van der Waals surface area contributed by atoms with Crippen LogP contribution in [0.5, 0.6) is 0 Å². The van der Waals surface area contributed by atoms with Gasteiger partial charge in [-0.15, -0.1) is 0 Å². The van der Waals surface area contributed by atoms with Gasteiger partial charge in [-0.3, -0.25) is 14.4 Å². The molecule has 1 rings (SSSR count). The van der Waals surface area contributed by atoms with Crippen molar-refractivity contribution in [3.63, 3.8) is 0 Å². The van der Waals surface area contributed by atoms with Gasteiger partial charge in [0.05, 0.1) is 6.42 Å². The van der Waals surface area contributed by atoms with Crippen LogP contribution in [-0.4, -0.2) is 47.9 Å². The lowest BCUT2D eigenvalue weighted by molar-refractivity contribution is -0.158. The molecule has 2 amide bonds. The fraction of sp³-hybridized carbons (Fsp3) is 0.800. The minimum absolute atomic E-state index is 0.0348. The molecule has 1 fully saturated rings. The highest BCUT2D eigenvalue weighted by Gasteiger charge is 2.36. The van der Waals surface area contributed by atoms with Crippen LogP contribution in [0.4, 0.5) is 0 Å². The number of nitrogens with zero attached hydrogens (tertiary/aromatic N) is 1. The number of carbonyl (C=O) groups excluding carboxylic acids is 3. The standard InChI is InChI=1S/C15H26N2O4/c1-10(9-12(18)21-15(2,3)4)14(20)17-8-6-7-11(17)13(19)16-5/h10-11H,6-9H2,1-5H3,(H,16,19)/t10-,11+/m1/s1. The number of carbonyl (C=O) groups is 3. The zero-order valence-corrected chi connectivity index (χ0v) is 13.6. The third-order valence-electron chi connectivity index (χ3n) is 3.40. The van der Waals surface area contributed by atoms with Crippen molar-refractivity contribution in [3.05, 3.63) is 0 Å². The van der Waals surface area contributed by atoms with Crippen molar-refractivity contribution < 1.29 is 19.1 Å². The minimum Gasteiger partial charge on any atom is -0.460 e. The Balaban J connectivity index is 2.61. The first-order valence-electron chi connectivity index (χ1n) is 7.39. The Labute approximate surface area is 126 Å². The number of nitrogens with one attached hydrogen (secondary N) is 1. The molecule has 1 aliphatic heterocycles. The second-order valence-electron chi connectivity index (χ2n) is 6.50. The van der Waals surface area contributed by atoms with Gasteiger partial charge in [0.15, 0.2) is 0 Å². The summed E-state index contributed by atoms with van der Waals surface area (Å²) in [4.78, 5) is 37.5. The Bertz CT molecular complexity index is 414. The molecule has 0 unspecified atom stereocenters. The van der Waals surface area contributed by atoms with Crippen LogP contribution in [0.3, 0.4) is 0 Å². The number of amides is 2. The predicted octanol–water partition coefficient (Wildman–Crippen LogP) is 1.09. The molecule has 0 spiro atoms. The second kappa shape index (κ2) is 6.91. The molecule has 6 heteroatoms. The number of ether oxygens (including phenoxy) is 1. The van der Waals surface area contributed by atoms with Crippen molar-refractivity contribution in [3.8, 4) is 0 Å². The molecule has 0 saturated carbocycles. The van der Waals surface area contributed by atoms with E-state index in [1.54, 1.807) is 39.6 Å². The normalized spacial score (nSPS) is 20.0. The highest BCUT2D eigenvalue weighted by atomic mass is 16.6. The fourth-order valence-electron chi connectivity index (χ4n) is 2.47. The summed E-state index contributed by atoms with van der Waals surface area (Å²) in [5.74, 6) is -1.18. The van der Waals surface area contributed by atoms with Gasteiger partial charge in [-0.1, -0.05) is 6.92 Å². The van der Waals surface area contributed by atoms with E-state index >= 15 is 0 Å². The average Bonchev–Trinajstić information content (AvgIpc) is 2.83. The van der Waals surface area contributed by atoms with Crippen molar-refractivity contribution in [2.75, 3.05) is 13.6 Å². The zero-order valence-electron chi connectivity index (χ0n) is 13.6. The van der Waals surface area contributed by atoms with Crippen LogP contribution in [0.25, 0.3) is 0 Å². The minimum atomic E-state index is -0.557. The van der Waals surface area contributed by atoms with E-state index in [1.165, 1.54) is 0 Å². The molecule has 2 atom stereocenters. The summed E-state index contributed by atoms with van der Waals surface area (Å²) in [6.45, 7) is 7.64. The maximum absolute atomic E-state index is 12.4. The molecule has 0 aromatic carbocycles. The summed E-state index contributed by atoms with van der Waals surface area (Å²) in [5.41, 5.74) is -0.557. The van der Waals surface area contributed by atoms with Gasteiger partial charge in [0.1, 0.15) is 11.6 Å². The molecular formula is C15H26N2O4. The third kappa shape index (κ3) is 5.02. The molecule has 0 aromatic rings. The quantitative estimate of drug-likeness (QED) is 0.788. The Morgan fingerprint density at radius 2 is 1.95 bits per heavy atom. The van der Waals surface area contributed by atoms with Crippen molar-refractivity contribution in [2.45, 2.75) is 58.6 Å². The monoisotopic (exact) mass is 298 g/mol. The molecule has 1 saturated heterocycles. The highest BCUT2D eigenvalue weighted by molar-refractivity contribution is 5.90. The van der Waals surface area contributed by atoms with E-state index in [-0.39, 0.29) is 24.2 Å². The molecule has 120 valence electrons. The van der Waals surface area contributed by atoms with E-state index in [0.29, 0.717) is 13.0 Å². The van der Waals surface area contributed by atoms with E-state index in [9.17, 15) is 14.4 Å². The molecule has 0 aliphatic carbocycles. The van der Waals surface area contributed by atoms with Gasteiger partial charge in [0, 0.05) is 19.5 Å². The van der Waals surface area contributed by atoms with Crippen molar-refractivity contribution in [2.24, 2.45) is 5.92 Å². The predicted molar refractivity (Wildman–Crippen MR) is 78.4 cm³/mol. The maximum atomic E-state index is 12.4. The lowest BCUT2D eigenvalue weighted by atomic mass is 10.1. The van der Waals surface area contributed by atoms with Gasteiger partial charge in [-0.25, -0.2) is 0 Å². The molecule has 21 heavy (non-hydrogen) atoms. The van der Waals surface area contributed by atoms with Crippen LogP contribution < -0.4 is 5.32 Å². The molecule has 0 aromatic heterocycles. The van der Waals surface area contributed by atoms with Crippen molar-refractivity contribution in [1.29, 1.82) is 0 Å². The SMILES string of the molecule is CNC(=O)[C@@H]1CCCN1C(=O)[C@H](C)CC(=O)OC(C)(C)C. The molecule has 6 nitrogen and oxygen atoms in total. The third-order valence-corrected chi connectivity index (χ3v) is 3.40. The maximum Gasteiger partial charge on any atom is 0.307 e. The summed E-state index contributed by atoms with van der Waals surface area (Å²) < 4.78 is 5.23. The van der Waals surface area contributed by atoms with Crippen LogP contribution in [-0.2, 0) is 19.1 Å². The van der Waals surface area contributed by atoms with Crippen LogP contribution >= 0.6 is 0 Å². The lowest BCUT2D eigenvalue weighted by Gasteiger charge is -2.27. The molecule has 1 N–H and O–H groups in total. The van der Waals surface area contributed by atoms with Gasteiger partial charge in [-0.2, -0.15) is 0 Å². The average molecular weight is 298 g/mol. The van der Waals surface area contributed by atoms with Crippen molar-refractivity contribution in [1.82, 2.24) is 10.2 Å². The first-order chi connectivity index (χ1) is 9.65. The van der Waals surface area contributed by atoms with E-state index < -0.39 is 17.6 Å². The van der Waals surface area contributed by atoms with Crippen LogP contribution in [0.2, 0.25) is 0 Å². The van der Waals surface area contributed by atoms with E-state index in [4.69, 9.17) is 4.74 Å². The molecule has 1 aliphatic rings. The summed E-state index contributed by atoms with van der Waals surface area (Å²) in [6.07, 6.45) is 1.51. The van der Waals surface area contributed by atoms with E-state index in [1.807, 2.05) is 0 Å². The largest absolute Gasteiger partial charge is 0.460 e. The fourth-order valence-corrected chi connectivity index (χ4v) is 2.47. The number of hydrogen-bond acceptors (Lipinski definition) is 4. The number of likely N-dealkylation sites (tertiary alicyclic amines) is 1. The topological polar surface area (TPSA) is 75.7 Å². The van der Waals surface area contributed by atoms with E-state index in [2.05, 4.69) is 5.32 Å². The van der Waals surface area contributed by atoms with E-state index in [0.717, 1.165) is 6.42 Å².